The third kappa shape index (κ3) is 5.34. The lowest BCUT2D eigenvalue weighted by Crippen LogP contribution is -2.37. The van der Waals surface area contributed by atoms with Crippen molar-refractivity contribution >= 4 is 53.5 Å². The molecule has 1 rings (SSSR count). The van der Waals surface area contributed by atoms with Crippen molar-refractivity contribution in [1.82, 2.24) is 4.72 Å². The van der Waals surface area contributed by atoms with Gasteiger partial charge in [0.2, 0.25) is 10.0 Å². The molecule has 0 fully saturated rings. The van der Waals surface area contributed by atoms with E-state index in [1.54, 1.807) is 12.1 Å². The first kappa shape index (κ1) is 17.4. The minimum atomic E-state index is -3.60. The van der Waals surface area contributed by atoms with E-state index in [0.29, 0.717) is 11.2 Å². The number of nitrogens with one attached hydrogen (secondary N) is 1. The number of benzene rings is 1. The van der Waals surface area contributed by atoms with Gasteiger partial charge in [0.05, 0.1) is 5.02 Å². The van der Waals surface area contributed by atoms with E-state index in [0.717, 1.165) is 10.9 Å². The summed E-state index contributed by atoms with van der Waals surface area (Å²) in [7, 11) is -3.60. The van der Waals surface area contributed by atoms with E-state index in [2.05, 4.69) is 50.4 Å². The number of alkyl halides is 1. The van der Waals surface area contributed by atoms with Gasteiger partial charge in [0, 0.05) is 15.8 Å². The van der Waals surface area contributed by atoms with Crippen LogP contribution >= 0.6 is 43.5 Å². The van der Waals surface area contributed by atoms with Crippen LogP contribution in [0.3, 0.4) is 0 Å². The summed E-state index contributed by atoms with van der Waals surface area (Å²) in [5.74, 6) is 0.408. The molecule has 0 saturated heterocycles. The number of sulfonamides is 1. The van der Waals surface area contributed by atoms with Crippen LogP contribution in [0.4, 0.5) is 0 Å². The molecule has 0 amide bonds. The highest BCUT2D eigenvalue weighted by Crippen LogP contribution is 2.25. The second kappa shape index (κ2) is 7.41. The zero-order chi connectivity index (χ0) is 14.6. The fourth-order valence-corrected chi connectivity index (χ4v) is 4.61. The summed E-state index contributed by atoms with van der Waals surface area (Å²) in [4.78, 5) is 0.104. The molecule has 0 heterocycles. The van der Waals surface area contributed by atoms with E-state index in [1.807, 2.05) is 0 Å². The molecule has 1 aromatic rings. The Kier molecular flexibility index (Phi) is 6.79. The fourth-order valence-electron chi connectivity index (χ4n) is 1.69. The molecule has 0 spiro atoms. The molecular formula is C12H16Br2ClNO2S. The molecule has 1 aromatic carbocycles. The number of hydrogen-bond donors (Lipinski definition) is 1. The molecule has 3 nitrogen and oxygen atoms in total. The highest BCUT2D eigenvalue weighted by Gasteiger charge is 2.22. The molecule has 1 N–H and O–H groups in total. The SMILES string of the molecule is CC(C)CC(CBr)NS(=O)(=O)c1ccc(Br)cc1Cl. The highest BCUT2D eigenvalue weighted by molar-refractivity contribution is 9.10. The molecule has 0 saturated carbocycles. The van der Waals surface area contributed by atoms with Gasteiger partial charge in [0.25, 0.3) is 0 Å². The van der Waals surface area contributed by atoms with Crippen molar-refractivity contribution in [2.45, 2.75) is 31.2 Å². The van der Waals surface area contributed by atoms with Gasteiger partial charge in [-0.25, -0.2) is 13.1 Å². The molecule has 0 aliphatic heterocycles. The summed E-state index contributed by atoms with van der Waals surface area (Å²) in [5.41, 5.74) is 0. The fraction of sp³-hybridized carbons (Fsp3) is 0.500. The monoisotopic (exact) mass is 431 g/mol. The lowest BCUT2D eigenvalue weighted by atomic mass is 10.1. The van der Waals surface area contributed by atoms with Crippen LogP contribution in [0.2, 0.25) is 5.02 Å². The minimum absolute atomic E-state index is 0.104. The molecule has 1 atom stereocenters. The quantitative estimate of drug-likeness (QED) is 0.684. The number of halogens is 3. The first-order valence-electron chi connectivity index (χ1n) is 5.79. The van der Waals surface area contributed by atoms with E-state index in [9.17, 15) is 8.42 Å². The second-order valence-electron chi connectivity index (χ2n) is 4.68. The molecule has 108 valence electrons. The third-order valence-electron chi connectivity index (χ3n) is 2.45. The van der Waals surface area contributed by atoms with Crippen LogP contribution in [0.15, 0.2) is 27.6 Å². The average Bonchev–Trinajstić information content (AvgIpc) is 2.26. The molecule has 0 bridgehead atoms. The first-order valence-corrected chi connectivity index (χ1v) is 9.57. The van der Waals surface area contributed by atoms with Gasteiger partial charge in [-0.3, -0.25) is 0 Å². The topological polar surface area (TPSA) is 46.2 Å². The zero-order valence-electron chi connectivity index (χ0n) is 10.7. The standard InChI is InChI=1S/C12H16Br2ClNO2S/c1-8(2)5-10(7-13)16-19(17,18)12-4-3-9(14)6-11(12)15/h3-4,6,8,10,16H,5,7H2,1-2H3. The molecule has 7 heteroatoms. The van der Waals surface area contributed by atoms with Gasteiger partial charge in [0.1, 0.15) is 4.90 Å². The molecule has 0 aromatic heterocycles. The average molecular weight is 434 g/mol. The molecule has 0 radical (unpaired) electrons. The van der Waals surface area contributed by atoms with Crippen molar-refractivity contribution in [3.8, 4) is 0 Å². The lowest BCUT2D eigenvalue weighted by Gasteiger charge is -2.18. The van der Waals surface area contributed by atoms with Gasteiger partial charge in [-0.15, -0.1) is 0 Å². The summed E-state index contributed by atoms with van der Waals surface area (Å²) >= 11 is 12.6. The van der Waals surface area contributed by atoms with E-state index in [-0.39, 0.29) is 16.0 Å². The highest BCUT2D eigenvalue weighted by atomic mass is 79.9. The van der Waals surface area contributed by atoms with Gasteiger partial charge >= 0.3 is 0 Å². The molecular weight excluding hydrogens is 417 g/mol. The predicted molar refractivity (Wildman–Crippen MR) is 86.5 cm³/mol. The van der Waals surface area contributed by atoms with Crippen LogP contribution in [0.1, 0.15) is 20.3 Å². The van der Waals surface area contributed by atoms with Gasteiger partial charge < -0.3 is 0 Å². The smallest absolute Gasteiger partial charge is 0.207 e. The lowest BCUT2D eigenvalue weighted by molar-refractivity contribution is 0.488. The van der Waals surface area contributed by atoms with Crippen LogP contribution in [0.5, 0.6) is 0 Å². The second-order valence-corrected chi connectivity index (χ2v) is 8.33. The van der Waals surface area contributed by atoms with Crippen molar-refractivity contribution in [3.63, 3.8) is 0 Å². The summed E-state index contributed by atoms with van der Waals surface area (Å²) < 4.78 is 28.0. The van der Waals surface area contributed by atoms with E-state index >= 15 is 0 Å². The van der Waals surface area contributed by atoms with Crippen molar-refractivity contribution in [3.05, 3.63) is 27.7 Å². The first-order chi connectivity index (χ1) is 8.76. The van der Waals surface area contributed by atoms with Crippen molar-refractivity contribution in [2.75, 3.05) is 5.33 Å². The van der Waals surface area contributed by atoms with Gasteiger partial charge in [-0.2, -0.15) is 0 Å². The van der Waals surface area contributed by atoms with Crippen LogP contribution in [0.25, 0.3) is 0 Å². The largest absolute Gasteiger partial charge is 0.242 e. The molecule has 0 aliphatic carbocycles. The van der Waals surface area contributed by atoms with E-state index < -0.39 is 10.0 Å². The van der Waals surface area contributed by atoms with Crippen LogP contribution in [-0.2, 0) is 10.0 Å². The van der Waals surface area contributed by atoms with E-state index in [1.165, 1.54) is 6.07 Å². The van der Waals surface area contributed by atoms with Crippen LogP contribution in [-0.4, -0.2) is 19.8 Å². The maximum Gasteiger partial charge on any atom is 0.242 e. The number of rotatable bonds is 6. The Labute approximate surface area is 136 Å². The van der Waals surface area contributed by atoms with Gasteiger partial charge in [0.15, 0.2) is 0 Å². The summed E-state index contributed by atoms with van der Waals surface area (Å²) in [6.07, 6.45) is 0.763. The van der Waals surface area contributed by atoms with Gasteiger partial charge in [-0.05, 0) is 30.5 Å². The molecule has 0 aliphatic rings. The molecule has 1 unspecified atom stereocenters. The zero-order valence-corrected chi connectivity index (χ0v) is 15.4. The summed E-state index contributed by atoms with van der Waals surface area (Å²) in [5, 5.41) is 0.776. The Hall–Kier alpha value is 0.380. The Morgan fingerprint density at radius 3 is 2.47 bits per heavy atom. The maximum absolute atomic E-state index is 12.3. The Morgan fingerprint density at radius 1 is 1.37 bits per heavy atom. The van der Waals surface area contributed by atoms with Crippen LogP contribution < -0.4 is 4.72 Å². The Bertz CT molecular complexity index is 535. The third-order valence-corrected chi connectivity index (χ3v) is 5.73. The normalized spacial score (nSPS) is 13.8. The molecule has 19 heavy (non-hydrogen) atoms. The van der Waals surface area contributed by atoms with Crippen LogP contribution in [0, 0.1) is 5.92 Å². The summed E-state index contributed by atoms with van der Waals surface area (Å²) in [6, 6.07) is 4.58. The maximum atomic E-state index is 12.3. The van der Waals surface area contributed by atoms with Crippen molar-refractivity contribution in [2.24, 2.45) is 5.92 Å². The minimum Gasteiger partial charge on any atom is -0.207 e. The Balaban J connectivity index is 2.97. The Morgan fingerprint density at radius 2 is 2.00 bits per heavy atom. The van der Waals surface area contributed by atoms with Gasteiger partial charge in [-0.1, -0.05) is 57.3 Å². The predicted octanol–water partition coefficient (Wildman–Crippen LogP) is 4.19. The van der Waals surface area contributed by atoms with Crippen molar-refractivity contribution in [1.29, 1.82) is 0 Å². The van der Waals surface area contributed by atoms with Crippen molar-refractivity contribution < 1.29 is 8.42 Å². The van der Waals surface area contributed by atoms with E-state index in [4.69, 9.17) is 11.6 Å². The summed E-state index contributed by atoms with van der Waals surface area (Å²) in [6.45, 7) is 4.10. The number of hydrogen-bond acceptors (Lipinski definition) is 2.